The van der Waals surface area contributed by atoms with Crippen molar-refractivity contribution >= 4 is 23.5 Å². The number of rotatable bonds is 6. The third-order valence-corrected chi connectivity index (χ3v) is 5.38. The molecule has 1 aromatic rings. The van der Waals surface area contributed by atoms with Crippen LogP contribution in [0.4, 0.5) is 14.9 Å². The van der Waals surface area contributed by atoms with E-state index >= 15 is 0 Å². The first kappa shape index (κ1) is 20.7. The summed E-state index contributed by atoms with van der Waals surface area (Å²) in [4.78, 5) is 39.5. The van der Waals surface area contributed by atoms with E-state index in [1.165, 1.54) is 14.2 Å². The summed E-state index contributed by atoms with van der Waals surface area (Å²) in [7, 11) is 2.79. The van der Waals surface area contributed by atoms with Gasteiger partial charge in [-0.05, 0) is 13.3 Å². The number of carbonyl (C=O) groups is 3. The van der Waals surface area contributed by atoms with Crippen LogP contribution in [0.1, 0.15) is 19.8 Å². The Labute approximate surface area is 168 Å². The number of carbonyl (C=O) groups excluding carboxylic acids is 3. The summed E-state index contributed by atoms with van der Waals surface area (Å²) in [5, 5.41) is 4.75. The van der Waals surface area contributed by atoms with Crippen LogP contribution in [-0.4, -0.2) is 68.7 Å². The standard InChI is InChI=1S/C19H25FN4O5/c1-19(17(26)21-18(27)22-19)5-4-15(25)24-8-6-23(7-9-24)12-10-13(28-2)16(20)14(11-12)29-3/h10-11H,4-9H2,1-3H3,(H2,21,22,26,27)/t19-/m1/s1. The number of amides is 4. The Bertz CT molecular complexity index is 800. The first-order chi connectivity index (χ1) is 13.8. The molecule has 2 heterocycles. The molecule has 0 bridgehead atoms. The van der Waals surface area contributed by atoms with Crippen molar-refractivity contribution in [3.63, 3.8) is 0 Å². The molecule has 0 saturated carbocycles. The zero-order valence-corrected chi connectivity index (χ0v) is 16.7. The van der Waals surface area contributed by atoms with Crippen LogP contribution >= 0.6 is 0 Å². The molecule has 1 atom stereocenters. The van der Waals surface area contributed by atoms with Gasteiger partial charge < -0.3 is 24.6 Å². The summed E-state index contributed by atoms with van der Waals surface area (Å²) in [6.07, 6.45) is 0.387. The van der Waals surface area contributed by atoms with Crippen molar-refractivity contribution in [2.75, 3.05) is 45.3 Å². The number of hydrogen-bond donors (Lipinski definition) is 2. The minimum atomic E-state index is -1.06. The Balaban J connectivity index is 1.57. The van der Waals surface area contributed by atoms with Crippen molar-refractivity contribution in [3.8, 4) is 11.5 Å². The Morgan fingerprint density at radius 3 is 2.21 bits per heavy atom. The molecule has 0 unspecified atom stereocenters. The Morgan fingerprint density at radius 1 is 1.14 bits per heavy atom. The molecule has 0 aliphatic carbocycles. The van der Waals surface area contributed by atoms with Gasteiger partial charge in [0, 0.05) is 50.4 Å². The van der Waals surface area contributed by atoms with Crippen LogP contribution < -0.4 is 25.0 Å². The zero-order chi connectivity index (χ0) is 21.2. The molecule has 3 rings (SSSR count). The summed E-state index contributed by atoms with van der Waals surface area (Å²) in [5.74, 6) is -0.844. The van der Waals surface area contributed by atoms with E-state index < -0.39 is 23.3 Å². The maximum absolute atomic E-state index is 14.1. The van der Waals surface area contributed by atoms with Crippen LogP contribution in [0.25, 0.3) is 0 Å². The highest BCUT2D eigenvalue weighted by atomic mass is 19.1. The number of piperazine rings is 1. The Morgan fingerprint density at radius 2 is 1.72 bits per heavy atom. The van der Waals surface area contributed by atoms with E-state index in [0.717, 1.165) is 5.69 Å². The van der Waals surface area contributed by atoms with Gasteiger partial charge in [-0.3, -0.25) is 14.9 Å². The number of halogens is 1. The van der Waals surface area contributed by atoms with Crippen LogP contribution in [0.2, 0.25) is 0 Å². The van der Waals surface area contributed by atoms with E-state index in [4.69, 9.17) is 9.47 Å². The van der Waals surface area contributed by atoms with Crippen molar-refractivity contribution in [1.82, 2.24) is 15.5 Å². The molecule has 10 heteroatoms. The van der Waals surface area contributed by atoms with E-state index in [1.54, 1.807) is 24.0 Å². The normalized spacial score (nSPS) is 21.7. The number of imide groups is 1. The van der Waals surface area contributed by atoms with Crippen LogP contribution in [0.3, 0.4) is 0 Å². The monoisotopic (exact) mass is 408 g/mol. The molecular weight excluding hydrogens is 383 g/mol. The quantitative estimate of drug-likeness (QED) is 0.678. The fourth-order valence-corrected chi connectivity index (χ4v) is 3.52. The molecule has 0 spiro atoms. The highest BCUT2D eigenvalue weighted by Gasteiger charge is 2.42. The Kier molecular flexibility index (Phi) is 5.81. The topological polar surface area (TPSA) is 100 Å². The van der Waals surface area contributed by atoms with Crippen molar-refractivity contribution in [2.24, 2.45) is 0 Å². The third-order valence-electron chi connectivity index (χ3n) is 5.38. The van der Waals surface area contributed by atoms with Gasteiger partial charge in [0.05, 0.1) is 14.2 Å². The third kappa shape index (κ3) is 4.20. The molecule has 158 valence electrons. The molecule has 2 saturated heterocycles. The lowest BCUT2D eigenvalue weighted by Crippen LogP contribution is -2.50. The number of hydrogen-bond acceptors (Lipinski definition) is 6. The van der Waals surface area contributed by atoms with E-state index in [-0.39, 0.29) is 30.2 Å². The molecule has 0 radical (unpaired) electrons. The number of methoxy groups -OCH3 is 2. The van der Waals surface area contributed by atoms with Crippen LogP contribution in [0.15, 0.2) is 12.1 Å². The maximum atomic E-state index is 14.1. The molecule has 4 amide bonds. The minimum absolute atomic E-state index is 0.0749. The van der Waals surface area contributed by atoms with E-state index in [0.29, 0.717) is 26.2 Å². The number of anilines is 1. The van der Waals surface area contributed by atoms with Crippen molar-refractivity contribution in [3.05, 3.63) is 17.9 Å². The van der Waals surface area contributed by atoms with Gasteiger partial charge in [-0.2, -0.15) is 4.39 Å². The molecule has 2 N–H and O–H groups in total. The molecule has 0 aromatic heterocycles. The second-order valence-electron chi connectivity index (χ2n) is 7.27. The number of benzene rings is 1. The summed E-state index contributed by atoms with van der Waals surface area (Å²) in [6.45, 7) is 3.73. The fraction of sp³-hybridized carbons (Fsp3) is 0.526. The lowest BCUT2D eigenvalue weighted by molar-refractivity contribution is -0.132. The summed E-state index contributed by atoms with van der Waals surface area (Å²) in [6, 6.07) is 2.68. The van der Waals surface area contributed by atoms with E-state index in [1.807, 2.05) is 4.90 Å². The number of nitrogens with one attached hydrogen (secondary N) is 2. The zero-order valence-electron chi connectivity index (χ0n) is 16.7. The minimum Gasteiger partial charge on any atom is -0.493 e. The number of urea groups is 1. The average Bonchev–Trinajstić information content (AvgIpc) is 2.98. The average molecular weight is 408 g/mol. The maximum Gasteiger partial charge on any atom is 0.322 e. The number of ether oxygens (including phenoxy) is 2. The predicted octanol–water partition coefficient (Wildman–Crippen LogP) is 0.870. The second-order valence-corrected chi connectivity index (χ2v) is 7.27. The van der Waals surface area contributed by atoms with Crippen molar-refractivity contribution in [1.29, 1.82) is 0 Å². The smallest absolute Gasteiger partial charge is 0.322 e. The molecule has 29 heavy (non-hydrogen) atoms. The van der Waals surface area contributed by atoms with Gasteiger partial charge in [0.15, 0.2) is 11.5 Å². The SMILES string of the molecule is COc1cc(N2CCN(C(=O)CC[C@@]3(C)NC(=O)NC3=O)CC2)cc(OC)c1F. The molecule has 2 fully saturated rings. The van der Waals surface area contributed by atoms with Gasteiger partial charge in [0.25, 0.3) is 5.91 Å². The lowest BCUT2D eigenvalue weighted by atomic mass is 9.96. The highest BCUT2D eigenvalue weighted by Crippen LogP contribution is 2.33. The van der Waals surface area contributed by atoms with E-state index in [9.17, 15) is 18.8 Å². The van der Waals surface area contributed by atoms with Crippen LogP contribution in [0.5, 0.6) is 11.5 Å². The molecule has 2 aliphatic heterocycles. The summed E-state index contributed by atoms with van der Waals surface area (Å²) < 4.78 is 24.3. The van der Waals surface area contributed by atoms with Gasteiger partial charge in [0.2, 0.25) is 11.7 Å². The van der Waals surface area contributed by atoms with Crippen LogP contribution in [0, 0.1) is 5.82 Å². The number of nitrogens with zero attached hydrogens (tertiary/aromatic N) is 2. The molecular formula is C19H25FN4O5. The second kappa shape index (κ2) is 8.14. The van der Waals surface area contributed by atoms with Gasteiger partial charge in [0.1, 0.15) is 5.54 Å². The first-order valence-corrected chi connectivity index (χ1v) is 9.35. The fourth-order valence-electron chi connectivity index (χ4n) is 3.52. The van der Waals surface area contributed by atoms with Crippen molar-refractivity contribution in [2.45, 2.75) is 25.3 Å². The van der Waals surface area contributed by atoms with Crippen LogP contribution in [-0.2, 0) is 9.59 Å². The largest absolute Gasteiger partial charge is 0.493 e. The summed E-state index contributed by atoms with van der Waals surface area (Å²) >= 11 is 0. The Hall–Kier alpha value is -3.04. The molecule has 2 aliphatic rings. The predicted molar refractivity (Wildman–Crippen MR) is 103 cm³/mol. The van der Waals surface area contributed by atoms with Gasteiger partial charge >= 0.3 is 6.03 Å². The van der Waals surface area contributed by atoms with Gasteiger partial charge in [-0.25, -0.2) is 4.79 Å². The highest BCUT2D eigenvalue weighted by molar-refractivity contribution is 6.06. The first-order valence-electron chi connectivity index (χ1n) is 9.35. The molecule has 9 nitrogen and oxygen atoms in total. The van der Waals surface area contributed by atoms with E-state index in [2.05, 4.69) is 10.6 Å². The van der Waals surface area contributed by atoms with Gasteiger partial charge in [-0.1, -0.05) is 0 Å². The van der Waals surface area contributed by atoms with Gasteiger partial charge in [-0.15, -0.1) is 0 Å². The lowest BCUT2D eigenvalue weighted by Gasteiger charge is -2.36. The summed E-state index contributed by atoms with van der Waals surface area (Å²) in [5.41, 5.74) is -0.305. The van der Waals surface area contributed by atoms with Crippen molar-refractivity contribution < 1.29 is 28.2 Å². The molecule has 1 aromatic carbocycles.